The summed E-state index contributed by atoms with van der Waals surface area (Å²) in [5, 5.41) is 0. The van der Waals surface area contributed by atoms with Gasteiger partial charge in [-0.25, -0.2) is 0 Å². The first-order chi connectivity index (χ1) is 10.2. The van der Waals surface area contributed by atoms with Gasteiger partial charge in [-0.2, -0.15) is 0 Å². The van der Waals surface area contributed by atoms with E-state index in [0.717, 1.165) is 25.4 Å². The topological polar surface area (TPSA) is 38.5 Å². The zero-order chi connectivity index (χ0) is 15.1. The Bertz CT molecular complexity index is 408. The molecule has 2 N–H and O–H groups in total. The number of rotatable bonds is 6. The Hall–Kier alpha value is -1.06. The molecule has 0 spiro atoms. The standard InChI is InChI=1S/C18H30N2O/c1-3-20(14-16-8-10-17(21-2)11-9-16)18(15-19)12-6-4-5-7-13-18/h8-11H,3-7,12-15,19H2,1-2H3. The highest BCUT2D eigenvalue weighted by Gasteiger charge is 2.34. The van der Waals surface area contributed by atoms with Gasteiger partial charge in [0.15, 0.2) is 0 Å². The Morgan fingerprint density at radius 3 is 2.19 bits per heavy atom. The number of hydrogen-bond donors (Lipinski definition) is 1. The molecule has 0 atom stereocenters. The van der Waals surface area contributed by atoms with Crippen LogP contribution in [0.1, 0.15) is 51.0 Å². The van der Waals surface area contributed by atoms with Gasteiger partial charge in [-0.15, -0.1) is 0 Å². The molecule has 0 bridgehead atoms. The summed E-state index contributed by atoms with van der Waals surface area (Å²) >= 11 is 0. The Balaban J connectivity index is 2.12. The second-order valence-corrected chi connectivity index (χ2v) is 6.20. The molecule has 1 aromatic rings. The van der Waals surface area contributed by atoms with Gasteiger partial charge in [0.1, 0.15) is 5.75 Å². The number of methoxy groups -OCH3 is 1. The minimum atomic E-state index is 0.200. The molecule has 3 nitrogen and oxygen atoms in total. The smallest absolute Gasteiger partial charge is 0.118 e. The molecule has 0 aliphatic heterocycles. The third-order valence-corrected chi connectivity index (χ3v) is 5.00. The summed E-state index contributed by atoms with van der Waals surface area (Å²) in [7, 11) is 1.71. The first-order valence-electron chi connectivity index (χ1n) is 8.32. The maximum atomic E-state index is 6.22. The van der Waals surface area contributed by atoms with E-state index in [2.05, 4.69) is 24.0 Å². The predicted octanol–water partition coefficient (Wildman–Crippen LogP) is 3.57. The van der Waals surface area contributed by atoms with Crippen molar-refractivity contribution < 1.29 is 4.74 Å². The molecule has 1 saturated carbocycles. The van der Waals surface area contributed by atoms with Crippen molar-refractivity contribution in [3.63, 3.8) is 0 Å². The van der Waals surface area contributed by atoms with Crippen LogP contribution in [-0.4, -0.2) is 30.6 Å². The summed E-state index contributed by atoms with van der Waals surface area (Å²) in [4.78, 5) is 2.60. The van der Waals surface area contributed by atoms with Crippen molar-refractivity contribution in [1.29, 1.82) is 0 Å². The normalized spacial score (nSPS) is 18.5. The van der Waals surface area contributed by atoms with Crippen LogP contribution >= 0.6 is 0 Å². The van der Waals surface area contributed by atoms with Crippen molar-refractivity contribution in [3.05, 3.63) is 29.8 Å². The number of benzene rings is 1. The summed E-state index contributed by atoms with van der Waals surface area (Å²) in [5.74, 6) is 0.921. The van der Waals surface area contributed by atoms with Gasteiger partial charge in [0.25, 0.3) is 0 Å². The SMILES string of the molecule is CCN(Cc1ccc(OC)cc1)C1(CN)CCCCCC1. The van der Waals surface area contributed by atoms with Crippen molar-refractivity contribution in [3.8, 4) is 5.75 Å². The third-order valence-electron chi connectivity index (χ3n) is 5.00. The molecule has 0 unspecified atom stereocenters. The Morgan fingerprint density at radius 2 is 1.71 bits per heavy atom. The molecular formula is C18H30N2O. The zero-order valence-electron chi connectivity index (χ0n) is 13.6. The molecule has 0 aromatic heterocycles. The summed E-state index contributed by atoms with van der Waals surface area (Å²) in [5.41, 5.74) is 7.76. The molecule has 1 aliphatic carbocycles. The largest absolute Gasteiger partial charge is 0.497 e. The zero-order valence-corrected chi connectivity index (χ0v) is 13.6. The molecule has 1 aromatic carbocycles. The highest BCUT2D eigenvalue weighted by Crippen LogP contribution is 2.33. The quantitative estimate of drug-likeness (QED) is 0.814. The molecule has 1 aliphatic rings. The van der Waals surface area contributed by atoms with Crippen molar-refractivity contribution in [2.24, 2.45) is 5.73 Å². The highest BCUT2D eigenvalue weighted by molar-refractivity contribution is 5.27. The van der Waals surface area contributed by atoms with Gasteiger partial charge in [0.2, 0.25) is 0 Å². The summed E-state index contributed by atoms with van der Waals surface area (Å²) in [6, 6.07) is 8.43. The van der Waals surface area contributed by atoms with E-state index < -0.39 is 0 Å². The van der Waals surface area contributed by atoms with Crippen LogP contribution in [-0.2, 0) is 6.54 Å². The molecule has 0 saturated heterocycles. The van der Waals surface area contributed by atoms with Crippen molar-refractivity contribution in [1.82, 2.24) is 4.90 Å². The maximum absolute atomic E-state index is 6.22. The van der Waals surface area contributed by atoms with Gasteiger partial charge in [0, 0.05) is 18.6 Å². The molecule has 21 heavy (non-hydrogen) atoms. The van der Waals surface area contributed by atoms with Gasteiger partial charge in [-0.1, -0.05) is 44.7 Å². The second kappa shape index (κ2) is 7.81. The van der Waals surface area contributed by atoms with Gasteiger partial charge in [0.05, 0.1) is 7.11 Å². The number of likely N-dealkylation sites (N-methyl/N-ethyl adjacent to an activating group) is 1. The van der Waals surface area contributed by atoms with Crippen LogP contribution < -0.4 is 10.5 Å². The van der Waals surface area contributed by atoms with E-state index in [4.69, 9.17) is 10.5 Å². The molecule has 118 valence electrons. The third kappa shape index (κ3) is 3.98. The van der Waals surface area contributed by atoms with Gasteiger partial charge in [-0.05, 0) is 37.1 Å². The maximum Gasteiger partial charge on any atom is 0.118 e. The van der Waals surface area contributed by atoms with Crippen LogP contribution in [0.4, 0.5) is 0 Å². The lowest BCUT2D eigenvalue weighted by Gasteiger charge is -2.43. The lowest BCUT2D eigenvalue weighted by Crippen LogP contribution is -2.53. The number of nitrogens with zero attached hydrogens (tertiary/aromatic N) is 1. The lowest BCUT2D eigenvalue weighted by atomic mass is 9.87. The van der Waals surface area contributed by atoms with Crippen molar-refractivity contribution >= 4 is 0 Å². The van der Waals surface area contributed by atoms with E-state index in [1.807, 2.05) is 12.1 Å². The highest BCUT2D eigenvalue weighted by atomic mass is 16.5. The molecule has 3 heteroatoms. The van der Waals surface area contributed by atoms with E-state index in [1.165, 1.54) is 44.1 Å². The fourth-order valence-electron chi connectivity index (χ4n) is 3.60. The van der Waals surface area contributed by atoms with Gasteiger partial charge >= 0.3 is 0 Å². The second-order valence-electron chi connectivity index (χ2n) is 6.20. The van der Waals surface area contributed by atoms with Crippen molar-refractivity contribution in [2.45, 2.75) is 57.5 Å². The Labute approximate surface area is 129 Å². The van der Waals surface area contributed by atoms with Gasteiger partial charge in [-0.3, -0.25) is 4.90 Å². The van der Waals surface area contributed by atoms with Gasteiger partial charge < -0.3 is 10.5 Å². The van der Waals surface area contributed by atoms with Crippen LogP contribution in [0.3, 0.4) is 0 Å². The van der Waals surface area contributed by atoms with E-state index in [1.54, 1.807) is 7.11 Å². The monoisotopic (exact) mass is 290 g/mol. The van der Waals surface area contributed by atoms with Crippen LogP contribution in [0.5, 0.6) is 5.75 Å². The van der Waals surface area contributed by atoms with E-state index in [-0.39, 0.29) is 5.54 Å². The van der Waals surface area contributed by atoms with Crippen LogP contribution in [0.25, 0.3) is 0 Å². The predicted molar refractivity (Wildman–Crippen MR) is 88.6 cm³/mol. The average Bonchev–Trinajstić information content (AvgIpc) is 2.79. The van der Waals surface area contributed by atoms with Crippen LogP contribution in [0.15, 0.2) is 24.3 Å². The molecule has 2 rings (SSSR count). The van der Waals surface area contributed by atoms with E-state index in [9.17, 15) is 0 Å². The van der Waals surface area contributed by atoms with E-state index in [0.29, 0.717) is 0 Å². The molecule has 0 heterocycles. The number of nitrogens with two attached hydrogens (primary N) is 1. The molecule has 0 radical (unpaired) electrons. The first kappa shape index (κ1) is 16.3. The average molecular weight is 290 g/mol. The minimum Gasteiger partial charge on any atom is -0.497 e. The lowest BCUT2D eigenvalue weighted by molar-refractivity contribution is 0.0756. The summed E-state index contributed by atoms with van der Waals surface area (Å²) < 4.78 is 5.24. The Morgan fingerprint density at radius 1 is 1.10 bits per heavy atom. The van der Waals surface area contributed by atoms with E-state index >= 15 is 0 Å². The molecular weight excluding hydrogens is 260 g/mol. The minimum absolute atomic E-state index is 0.200. The fourth-order valence-corrected chi connectivity index (χ4v) is 3.60. The van der Waals surface area contributed by atoms with Crippen molar-refractivity contribution in [2.75, 3.05) is 20.2 Å². The summed E-state index contributed by atoms with van der Waals surface area (Å²) in [6.45, 7) is 5.07. The van der Waals surface area contributed by atoms with Crippen LogP contribution in [0, 0.1) is 0 Å². The first-order valence-corrected chi connectivity index (χ1v) is 8.32. The summed E-state index contributed by atoms with van der Waals surface area (Å²) in [6.07, 6.45) is 7.84. The fraction of sp³-hybridized carbons (Fsp3) is 0.667. The number of ether oxygens (including phenoxy) is 1. The number of hydrogen-bond acceptors (Lipinski definition) is 3. The molecule has 0 amide bonds. The molecule has 1 fully saturated rings. The van der Waals surface area contributed by atoms with Crippen LogP contribution in [0.2, 0.25) is 0 Å². The Kier molecular flexibility index (Phi) is 6.07.